The van der Waals surface area contributed by atoms with Crippen LogP contribution >= 0.6 is 0 Å². The van der Waals surface area contributed by atoms with Crippen LogP contribution in [0.4, 0.5) is 0 Å². The van der Waals surface area contributed by atoms with Crippen LogP contribution in [0.3, 0.4) is 0 Å². The van der Waals surface area contributed by atoms with Crippen molar-refractivity contribution in [2.45, 2.75) is 26.2 Å². The number of rotatable bonds is 1. The Bertz CT molecular complexity index is 706. The molecule has 0 radical (unpaired) electrons. The van der Waals surface area contributed by atoms with Crippen LogP contribution in [0.2, 0.25) is 0 Å². The quantitative estimate of drug-likeness (QED) is 0.660. The van der Waals surface area contributed by atoms with E-state index in [1.54, 1.807) is 0 Å². The van der Waals surface area contributed by atoms with Gasteiger partial charge in [0.25, 0.3) is 0 Å². The summed E-state index contributed by atoms with van der Waals surface area (Å²) >= 11 is 0. The summed E-state index contributed by atoms with van der Waals surface area (Å²) in [7, 11) is 0. The van der Waals surface area contributed by atoms with Crippen LogP contribution in [-0.4, -0.2) is 14.5 Å². The van der Waals surface area contributed by atoms with Crippen molar-refractivity contribution in [3.8, 4) is 5.69 Å². The first-order valence-electron chi connectivity index (χ1n) is 6.45. The van der Waals surface area contributed by atoms with Crippen molar-refractivity contribution in [2.75, 3.05) is 0 Å². The molecule has 3 rings (SSSR count). The Morgan fingerprint density at radius 2 is 1.68 bits per heavy atom. The van der Waals surface area contributed by atoms with Gasteiger partial charge in [-0.25, -0.2) is 9.97 Å². The molecule has 2 aromatic heterocycles. The minimum atomic E-state index is 0.0665. The third-order valence-corrected chi connectivity index (χ3v) is 3.28. The van der Waals surface area contributed by atoms with Gasteiger partial charge in [-0.3, -0.25) is 4.57 Å². The van der Waals surface area contributed by atoms with E-state index in [0.717, 1.165) is 16.9 Å². The van der Waals surface area contributed by atoms with Crippen LogP contribution in [0.25, 0.3) is 16.9 Å². The zero-order valence-corrected chi connectivity index (χ0v) is 11.5. The molecule has 3 aromatic rings. The number of pyridine rings is 1. The highest BCUT2D eigenvalue weighted by Gasteiger charge is 2.19. The molecule has 19 heavy (non-hydrogen) atoms. The van der Waals surface area contributed by atoms with Crippen molar-refractivity contribution in [1.82, 2.24) is 14.5 Å². The highest BCUT2D eigenvalue weighted by molar-refractivity contribution is 5.77. The average Bonchev–Trinajstić information content (AvgIpc) is 2.82. The zero-order valence-electron chi connectivity index (χ0n) is 11.5. The largest absolute Gasteiger partial charge is 0.283 e. The van der Waals surface area contributed by atoms with E-state index in [1.165, 1.54) is 5.56 Å². The highest BCUT2D eigenvalue weighted by Crippen LogP contribution is 2.28. The molecule has 0 fully saturated rings. The van der Waals surface area contributed by atoms with E-state index >= 15 is 0 Å². The molecule has 1 aromatic carbocycles. The lowest BCUT2D eigenvalue weighted by atomic mass is 9.87. The normalized spacial score (nSPS) is 11.9. The number of benzene rings is 1. The summed E-state index contributed by atoms with van der Waals surface area (Å²) in [6, 6.07) is 12.2. The molecule has 2 heterocycles. The van der Waals surface area contributed by atoms with Gasteiger partial charge in [0.2, 0.25) is 0 Å². The van der Waals surface area contributed by atoms with Crippen molar-refractivity contribution in [3.63, 3.8) is 0 Å². The molecular formula is C16H17N3. The Labute approximate surface area is 112 Å². The fraction of sp³-hybridized carbons (Fsp3) is 0.250. The van der Waals surface area contributed by atoms with Gasteiger partial charge in [-0.2, -0.15) is 0 Å². The molecule has 96 valence electrons. The van der Waals surface area contributed by atoms with E-state index in [-0.39, 0.29) is 5.41 Å². The molecule has 0 saturated heterocycles. The Morgan fingerprint density at radius 1 is 0.947 bits per heavy atom. The number of nitrogens with zero attached hydrogens (tertiary/aromatic N) is 3. The molecule has 0 amide bonds. The van der Waals surface area contributed by atoms with E-state index in [2.05, 4.69) is 48.9 Å². The predicted octanol–water partition coefficient (Wildman–Crippen LogP) is 3.72. The molecule has 0 atom stereocenters. The van der Waals surface area contributed by atoms with Crippen LogP contribution in [0, 0.1) is 0 Å². The van der Waals surface area contributed by atoms with Crippen molar-refractivity contribution in [3.05, 3.63) is 54.5 Å². The molecule has 0 saturated carbocycles. The Hall–Kier alpha value is -2.16. The first-order chi connectivity index (χ1) is 9.07. The van der Waals surface area contributed by atoms with Crippen LogP contribution in [-0.2, 0) is 5.41 Å². The standard InChI is InChI=1S/C16H17N3/c1-16(2,3)13-9-10-17-15-14(13)18-11-19(15)12-7-5-4-6-8-12/h4-11H,1-3H3. The van der Waals surface area contributed by atoms with Crippen LogP contribution in [0.1, 0.15) is 26.3 Å². The summed E-state index contributed by atoms with van der Waals surface area (Å²) in [4.78, 5) is 9.05. The second kappa shape index (κ2) is 4.19. The molecular weight excluding hydrogens is 234 g/mol. The molecule has 0 spiro atoms. The summed E-state index contributed by atoms with van der Waals surface area (Å²) in [5.74, 6) is 0. The van der Waals surface area contributed by atoms with Gasteiger partial charge in [0.15, 0.2) is 5.65 Å². The van der Waals surface area contributed by atoms with Crippen molar-refractivity contribution < 1.29 is 0 Å². The van der Waals surface area contributed by atoms with Crippen LogP contribution < -0.4 is 0 Å². The smallest absolute Gasteiger partial charge is 0.164 e. The van der Waals surface area contributed by atoms with E-state index in [4.69, 9.17) is 0 Å². The van der Waals surface area contributed by atoms with Gasteiger partial charge in [-0.1, -0.05) is 39.0 Å². The second-order valence-electron chi connectivity index (χ2n) is 5.73. The van der Waals surface area contributed by atoms with E-state index in [0.29, 0.717) is 0 Å². The summed E-state index contributed by atoms with van der Waals surface area (Å²) in [5.41, 5.74) is 4.28. The fourth-order valence-electron chi connectivity index (χ4n) is 2.30. The number of imidazole rings is 1. The van der Waals surface area contributed by atoms with Crippen LogP contribution in [0.15, 0.2) is 48.9 Å². The van der Waals surface area contributed by atoms with Gasteiger partial charge in [-0.05, 0) is 29.2 Å². The summed E-state index contributed by atoms with van der Waals surface area (Å²) < 4.78 is 2.03. The Kier molecular flexibility index (Phi) is 2.63. The first kappa shape index (κ1) is 11.9. The molecule has 0 aliphatic carbocycles. The SMILES string of the molecule is CC(C)(C)c1ccnc2c1ncn2-c1ccccc1. The van der Waals surface area contributed by atoms with Crippen molar-refractivity contribution in [1.29, 1.82) is 0 Å². The predicted molar refractivity (Wildman–Crippen MR) is 77.6 cm³/mol. The maximum Gasteiger partial charge on any atom is 0.164 e. The minimum absolute atomic E-state index is 0.0665. The molecule has 0 aliphatic rings. The van der Waals surface area contributed by atoms with Gasteiger partial charge in [0.05, 0.1) is 0 Å². The topological polar surface area (TPSA) is 30.7 Å². The molecule has 0 aliphatic heterocycles. The number of hydrogen-bond acceptors (Lipinski definition) is 2. The van der Waals surface area contributed by atoms with E-state index in [9.17, 15) is 0 Å². The third-order valence-electron chi connectivity index (χ3n) is 3.28. The van der Waals surface area contributed by atoms with Gasteiger partial charge < -0.3 is 0 Å². The lowest BCUT2D eigenvalue weighted by Gasteiger charge is -2.19. The number of aromatic nitrogens is 3. The summed E-state index contributed by atoms with van der Waals surface area (Å²) in [6.07, 6.45) is 3.71. The molecule has 0 bridgehead atoms. The number of fused-ring (bicyclic) bond motifs is 1. The van der Waals surface area contributed by atoms with Crippen LogP contribution in [0.5, 0.6) is 0 Å². The maximum atomic E-state index is 4.56. The average molecular weight is 251 g/mol. The summed E-state index contributed by atoms with van der Waals surface area (Å²) in [6.45, 7) is 6.59. The van der Waals surface area contributed by atoms with E-state index < -0.39 is 0 Å². The van der Waals surface area contributed by atoms with Crippen molar-refractivity contribution >= 4 is 11.2 Å². The molecule has 3 nitrogen and oxygen atoms in total. The fourth-order valence-corrected chi connectivity index (χ4v) is 2.30. The maximum absolute atomic E-state index is 4.56. The lowest BCUT2D eigenvalue weighted by Crippen LogP contribution is -2.12. The minimum Gasteiger partial charge on any atom is -0.283 e. The van der Waals surface area contributed by atoms with Gasteiger partial charge in [0.1, 0.15) is 11.8 Å². The van der Waals surface area contributed by atoms with Crippen molar-refractivity contribution in [2.24, 2.45) is 0 Å². The van der Waals surface area contributed by atoms with Gasteiger partial charge in [-0.15, -0.1) is 0 Å². The second-order valence-corrected chi connectivity index (χ2v) is 5.73. The zero-order chi connectivity index (χ0) is 13.5. The van der Waals surface area contributed by atoms with Gasteiger partial charge >= 0.3 is 0 Å². The third kappa shape index (κ3) is 2.01. The van der Waals surface area contributed by atoms with Gasteiger partial charge in [0, 0.05) is 11.9 Å². The molecule has 0 unspecified atom stereocenters. The first-order valence-corrected chi connectivity index (χ1v) is 6.45. The summed E-state index contributed by atoms with van der Waals surface area (Å²) in [5, 5.41) is 0. The monoisotopic (exact) mass is 251 g/mol. The number of para-hydroxylation sites is 1. The molecule has 3 heteroatoms. The lowest BCUT2D eigenvalue weighted by molar-refractivity contribution is 0.594. The number of hydrogen-bond donors (Lipinski definition) is 0. The van der Waals surface area contributed by atoms with E-state index in [1.807, 2.05) is 35.3 Å². The Morgan fingerprint density at radius 3 is 2.37 bits per heavy atom. The highest BCUT2D eigenvalue weighted by atomic mass is 15.1. The molecule has 0 N–H and O–H groups in total. The Balaban J connectivity index is 2.26.